The second-order valence-corrected chi connectivity index (χ2v) is 4.48. The summed E-state index contributed by atoms with van der Waals surface area (Å²) >= 11 is 0. The van der Waals surface area contributed by atoms with E-state index in [1.165, 1.54) is 0 Å². The Kier molecular flexibility index (Phi) is 7.81. The van der Waals surface area contributed by atoms with Crippen LogP contribution in [0.15, 0.2) is 0 Å². The fraction of sp³-hybridized carbons (Fsp3) is 1.00. The Morgan fingerprint density at radius 2 is 1.69 bits per heavy atom. The quantitative estimate of drug-likeness (QED) is 0.672. The second-order valence-electron chi connectivity index (χ2n) is 4.48. The van der Waals surface area contributed by atoms with Gasteiger partial charge in [0.25, 0.3) is 0 Å². The molecule has 4 heteroatoms. The molecule has 0 radical (unpaired) electrons. The van der Waals surface area contributed by atoms with Crippen LogP contribution >= 0.6 is 0 Å². The highest BCUT2D eigenvalue weighted by Crippen LogP contribution is 2.25. The number of nitrogens with two attached hydrogens (primary N) is 1. The average molecular weight is 239 g/mol. The predicted octanol–water partition coefficient (Wildman–Crippen LogP) is 4.26. The molecule has 2 atom stereocenters. The number of hydrogen-bond donors (Lipinski definition) is 1. The number of halogens is 3. The fourth-order valence-corrected chi connectivity index (χ4v) is 1.96. The summed E-state index contributed by atoms with van der Waals surface area (Å²) in [4.78, 5) is 0. The van der Waals surface area contributed by atoms with Crippen molar-refractivity contribution >= 4 is 0 Å². The summed E-state index contributed by atoms with van der Waals surface area (Å²) in [6.45, 7) is 4.17. The third-order valence-electron chi connectivity index (χ3n) is 3.06. The van der Waals surface area contributed by atoms with Crippen LogP contribution < -0.4 is 5.73 Å². The van der Waals surface area contributed by atoms with Gasteiger partial charge in [0, 0.05) is 12.5 Å². The molecule has 0 aliphatic heterocycles. The molecule has 0 bridgehead atoms. The Labute approximate surface area is 96.6 Å². The van der Waals surface area contributed by atoms with E-state index < -0.39 is 12.6 Å². The summed E-state index contributed by atoms with van der Waals surface area (Å²) in [6.07, 6.45) is 0.148. The molecule has 0 spiro atoms. The van der Waals surface area contributed by atoms with Crippen molar-refractivity contribution in [1.82, 2.24) is 0 Å². The van der Waals surface area contributed by atoms with Crippen molar-refractivity contribution < 1.29 is 13.2 Å². The molecule has 0 amide bonds. The zero-order valence-electron chi connectivity index (χ0n) is 10.3. The van der Waals surface area contributed by atoms with E-state index in [4.69, 9.17) is 5.73 Å². The molecule has 16 heavy (non-hydrogen) atoms. The highest BCUT2D eigenvalue weighted by Gasteiger charge is 2.27. The van der Waals surface area contributed by atoms with Crippen molar-refractivity contribution in [2.24, 2.45) is 11.7 Å². The zero-order valence-corrected chi connectivity index (χ0v) is 10.3. The smallest absolute Gasteiger partial charge is 0.327 e. The zero-order chi connectivity index (χ0) is 12.6. The molecule has 0 aromatic heterocycles. The molecular weight excluding hydrogens is 215 g/mol. The molecule has 0 aliphatic carbocycles. The van der Waals surface area contributed by atoms with Crippen molar-refractivity contribution in [1.29, 1.82) is 0 Å². The van der Waals surface area contributed by atoms with Gasteiger partial charge in [-0.2, -0.15) is 13.2 Å². The first-order chi connectivity index (χ1) is 7.40. The van der Waals surface area contributed by atoms with Gasteiger partial charge < -0.3 is 5.73 Å². The van der Waals surface area contributed by atoms with Gasteiger partial charge in [-0.25, -0.2) is 0 Å². The van der Waals surface area contributed by atoms with Crippen LogP contribution in [0.5, 0.6) is 0 Å². The van der Waals surface area contributed by atoms with E-state index >= 15 is 0 Å². The van der Waals surface area contributed by atoms with Crippen molar-refractivity contribution in [2.45, 2.75) is 71.0 Å². The standard InChI is InChI=1S/C12H24F3N/c1-3-5-7-10(4-2)11(16)8-6-9-12(13,14)15/h10-11H,3-9,16H2,1-2H3. The van der Waals surface area contributed by atoms with E-state index in [9.17, 15) is 13.2 Å². The number of hydrogen-bond acceptors (Lipinski definition) is 1. The van der Waals surface area contributed by atoms with E-state index in [0.717, 1.165) is 25.7 Å². The maximum absolute atomic E-state index is 12.0. The molecule has 0 aromatic rings. The molecular formula is C12H24F3N. The lowest BCUT2D eigenvalue weighted by atomic mass is 9.89. The van der Waals surface area contributed by atoms with Gasteiger partial charge in [0.2, 0.25) is 0 Å². The SMILES string of the molecule is CCCCC(CC)C(N)CCCC(F)(F)F. The van der Waals surface area contributed by atoms with Crippen LogP contribution in [0.25, 0.3) is 0 Å². The third kappa shape index (κ3) is 7.97. The summed E-state index contributed by atoms with van der Waals surface area (Å²) < 4.78 is 35.9. The van der Waals surface area contributed by atoms with E-state index in [-0.39, 0.29) is 12.5 Å². The Morgan fingerprint density at radius 1 is 1.06 bits per heavy atom. The van der Waals surface area contributed by atoms with Crippen LogP contribution in [0.1, 0.15) is 58.8 Å². The highest BCUT2D eigenvalue weighted by atomic mass is 19.4. The average Bonchev–Trinajstić information content (AvgIpc) is 2.17. The first-order valence-corrected chi connectivity index (χ1v) is 6.23. The van der Waals surface area contributed by atoms with Gasteiger partial charge in [-0.3, -0.25) is 0 Å². The molecule has 2 unspecified atom stereocenters. The van der Waals surface area contributed by atoms with Gasteiger partial charge in [-0.1, -0.05) is 33.1 Å². The molecule has 1 nitrogen and oxygen atoms in total. The molecule has 0 saturated carbocycles. The van der Waals surface area contributed by atoms with Gasteiger partial charge >= 0.3 is 6.18 Å². The van der Waals surface area contributed by atoms with E-state index in [0.29, 0.717) is 12.3 Å². The van der Waals surface area contributed by atoms with Crippen LogP contribution in [0.3, 0.4) is 0 Å². The van der Waals surface area contributed by atoms with Crippen LogP contribution in [0.2, 0.25) is 0 Å². The summed E-state index contributed by atoms with van der Waals surface area (Å²) in [7, 11) is 0. The van der Waals surface area contributed by atoms with Crippen molar-refractivity contribution in [2.75, 3.05) is 0 Å². The molecule has 0 aliphatic rings. The lowest BCUT2D eigenvalue weighted by Crippen LogP contribution is -2.30. The van der Waals surface area contributed by atoms with E-state index in [1.54, 1.807) is 0 Å². The highest BCUT2D eigenvalue weighted by molar-refractivity contribution is 4.72. The minimum atomic E-state index is -4.04. The fourth-order valence-electron chi connectivity index (χ4n) is 1.96. The maximum atomic E-state index is 12.0. The second kappa shape index (κ2) is 7.93. The minimum absolute atomic E-state index is 0.0705. The molecule has 0 rings (SSSR count). The van der Waals surface area contributed by atoms with Gasteiger partial charge in [0.15, 0.2) is 0 Å². The van der Waals surface area contributed by atoms with Crippen molar-refractivity contribution in [3.05, 3.63) is 0 Å². The summed E-state index contributed by atoms with van der Waals surface area (Å²) in [5.74, 6) is 0.383. The monoisotopic (exact) mass is 239 g/mol. The number of unbranched alkanes of at least 4 members (excludes halogenated alkanes) is 1. The normalized spacial score (nSPS) is 16.1. The summed E-state index contributed by atoms with van der Waals surface area (Å²) in [5, 5.41) is 0. The van der Waals surface area contributed by atoms with Crippen molar-refractivity contribution in [3.63, 3.8) is 0 Å². The predicted molar refractivity (Wildman–Crippen MR) is 61.2 cm³/mol. The minimum Gasteiger partial charge on any atom is -0.327 e. The van der Waals surface area contributed by atoms with Crippen LogP contribution in [-0.4, -0.2) is 12.2 Å². The van der Waals surface area contributed by atoms with E-state index in [2.05, 4.69) is 13.8 Å². The van der Waals surface area contributed by atoms with Gasteiger partial charge in [-0.15, -0.1) is 0 Å². The first kappa shape index (κ1) is 15.8. The summed E-state index contributed by atoms with van der Waals surface area (Å²) in [5.41, 5.74) is 5.93. The number of rotatable bonds is 8. The van der Waals surface area contributed by atoms with Gasteiger partial charge in [-0.05, 0) is 25.2 Å². The van der Waals surface area contributed by atoms with Crippen LogP contribution in [0.4, 0.5) is 13.2 Å². The maximum Gasteiger partial charge on any atom is 0.389 e. The number of alkyl halides is 3. The van der Waals surface area contributed by atoms with E-state index in [1.807, 2.05) is 0 Å². The molecule has 0 saturated heterocycles. The molecule has 2 N–H and O–H groups in total. The third-order valence-corrected chi connectivity index (χ3v) is 3.06. The van der Waals surface area contributed by atoms with Crippen LogP contribution in [-0.2, 0) is 0 Å². The lowest BCUT2D eigenvalue weighted by Gasteiger charge is -2.22. The largest absolute Gasteiger partial charge is 0.389 e. The lowest BCUT2D eigenvalue weighted by molar-refractivity contribution is -0.135. The van der Waals surface area contributed by atoms with Gasteiger partial charge in [0.1, 0.15) is 0 Å². The molecule has 0 heterocycles. The topological polar surface area (TPSA) is 26.0 Å². The van der Waals surface area contributed by atoms with Gasteiger partial charge in [0.05, 0.1) is 0 Å². The Balaban J connectivity index is 3.79. The molecule has 0 fully saturated rings. The van der Waals surface area contributed by atoms with Crippen molar-refractivity contribution in [3.8, 4) is 0 Å². The Bertz CT molecular complexity index is 168. The molecule has 98 valence electrons. The Hall–Kier alpha value is -0.250. The summed E-state index contributed by atoms with van der Waals surface area (Å²) in [6, 6.07) is -0.0705. The van der Waals surface area contributed by atoms with Crippen LogP contribution in [0, 0.1) is 5.92 Å². The molecule has 0 aromatic carbocycles. The Morgan fingerprint density at radius 3 is 2.12 bits per heavy atom. The first-order valence-electron chi connectivity index (χ1n) is 6.23.